The Bertz CT molecular complexity index is 1530. The van der Waals surface area contributed by atoms with Crippen LogP contribution in [0.5, 0.6) is 17.2 Å². The fraction of sp³-hybridized carbons (Fsp3) is 0.300. The summed E-state index contributed by atoms with van der Waals surface area (Å²) in [5, 5.41) is 3.52. The zero-order chi connectivity index (χ0) is 31.1. The van der Waals surface area contributed by atoms with Gasteiger partial charge in [-0.25, -0.2) is 0 Å². The summed E-state index contributed by atoms with van der Waals surface area (Å²) in [4.78, 5) is 33.9. The number of ether oxygens (including phenoxy) is 3. The van der Waals surface area contributed by atoms with Crippen LogP contribution >= 0.6 is 35.6 Å². The Morgan fingerprint density at radius 2 is 1.45 bits per heavy atom. The van der Waals surface area contributed by atoms with E-state index in [9.17, 15) is 9.59 Å². The maximum atomic E-state index is 13.2. The monoisotopic (exact) mass is 664 g/mol. The Morgan fingerprint density at radius 1 is 0.841 bits per heavy atom. The summed E-state index contributed by atoms with van der Waals surface area (Å²) >= 11 is 12.3. The molecule has 0 spiro atoms. The van der Waals surface area contributed by atoms with E-state index in [4.69, 9.17) is 48.9 Å². The minimum absolute atomic E-state index is 0. The lowest BCUT2D eigenvalue weighted by Gasteiger charge is -2.35. The van der Waals surface area contributed by atoms with Gasteiger partial charge in [0.25, 0.3) is 11.8 Å². The van der Waals surface area contributed by atoms with Crippen LogP contribution in [0.3, 0.4) is 0 Å². The topological polar surface area (TPSA) is 145 Å². The minimum atomic E-state index is -0.620. The zero-order valence-corrected chi connectivity index (χ0v) is 26.9. The number of rotatable bonds is 10. The van der Waals surface area contributed by atoms with E-state index in [0.29, 0.717) is 41.0 Å². The van der Waals surface area contributed by atoms with Gasteiger partial charge in [-0.3, -0.25) is 19.4 Å². The number of nitrogens with two attached hydrogens (primary N) is 2. The Balaban J connectivity index is 0.00000529. The molecule has 0 bridgehead atoms. The van der Waals surface area contributed by atoms with Gasteiger partial charge in [-0.1, -0.05) is 35.3 Å². The molecule has 5 N–H and O–H groups in total. The maximum Gasteiger partial charge on any atom is 0.280 e. The van der Waals surface area contributed by atoms with E-state index in [2.05, 4.69) is 20.1 Å². The van der Waals surface area contributed by atoms with Gasteiger partial charge in [-0.15, -0.1) is 12.4 Å². The van der Waals surface area contributed by atoms with Crippen LogP contribution in [0.2, 0.25) is 10.0 Å². The molecule has 0 aromatic heterocycles. The number of carbonyl (C=O) groups excluding carboxylic acids is 2. The van der Waals surface area contributed by atoms with E-state index < -0.39 is 11.8 Å². The summed E-state index contributed by atoms with van der Waals surface area (Å²) in [6, 6.07) is 13.5. The first-order chi connectivity index (χ1) is 20.6. The molecule has 4 rings (SSSR count). The first kappa shape index (κ1) is 34.7. The normalized spacial score (nSPS) is 13.4. The van der Waals surface area contributed by atoms with Crippen LogP contribution in [0.25, 0.3) is 0 Å². The number of guanidine groups is 1. The van der Waals surface area contributed by atoms with E-state index in [1.807, 2.05) is 12.1 Å². The predicted molar refractivity (Wildman–Crippen MR) is 175 cm³/mol. The molecule has 1 aliphatic rings. The molecule has 236 valence electrons. The molecule has 1 aliphatic heterocycles. The Labute approximate surface area is 272 Å². The number of piperazine rings is 1. The highest BCUT2D eigenvalue weighted by Gasteiger charge is 2.23. The second kappa shape index (κ2) is 15.8. The molecular formula is C30H35Cl3N6O5. The van der Waals surface area contributed by atoms with Crippen LogP contribution in [0.15, 0.2) is 53.5 Å². The lowest BCUT2D eigenvalue weighted by molar-refractivity contribution is 0.0998. The lowest BCUT2D eigenvalue weighted by atomic mass is 10.1. The predicted octanol–water partition coefficient (Wildman–Crippen LogP) is 4.42. The van der Waals surface area contributed by atoms with Gasteiger partial charge in [-0.05, 0) is 42.0 Å². The zero-order valence-electron chi connectivity index (χ0n) is 24.6. The largest absolute Gasteiger partial charge is 0.493 e. The van der Waals surface area contributed by atoms with Crippen LogP contribution in [-0.4, -0.2) is 75.1 Å². The third-order valence-corrected chi connectivity index (χ3v) is 7.60. The fourth-order valence-electron chi connectivity index (χ4n) is 4.88. The Kier molecular flexibility index (Phi) is 12.5. The van der Waals surface area contributed by atoms with Crippen molar-refractivity contribution >= 4 is 59.1 Å². The van der Waals surface area contributed by atoms with Crippen molar-refractivity contribution in [3.05, 3.63) is 80.8 Å². The summed E-state index contributed by atoms with van der Waals surface area (Å²) in [5.41, 5.74) is 13.5. The van der Waals surface area contributed by atoms with Gasteiger partial charge in [0, 0.05) is 61.1 Å². The van der Waals surface area contributed by atoms with Crippen molar-refractivity contribution < 1.29 is 23.8 Å². The molecule has 11 nitrogen and oxygen atoms in total. The molecule has 0 unspecified atom stereocenters. The smallest absolute Gasteiger partial charge is 0.280 e. The maximum absolute atomic E-state index is 13.2. The molecule has 1 heterocycles. The van der Waals surface area contributed by atoms with E-state index in [0.717, 1.165) is 37.3 Å². The van der Waals surface area contributed by atoms with Crippen LogP contribution in [0, 0.1) is 0 Å². The van der Waals surface area contributed by atoms with Crippen molar-refractivity contribution in [2.24, 2.45) is 16.5 Å². The van der Waals surface area contributed by atoms with Crippen molar-refractivity contribution in [2.45, 2.75) is 13.1 Å². The minimum Gasteiger partial charge on any atom is -0.493 e. The van der Waals surface area contributed by atoms with Crippen molar-refractivity contribution in [3.63, 3.8) is 0 Å². The number of hydrogen-bond acceptors (Lipinski definition) is 7. The van der Waals surface area contributed by atoms with Gasteiger partial charge in [0.2, 0.25) is 5.75 Å². The average molecular weight is 666 g/mol. The molecule has 3 aromatic rings. The Hall–Kier alpha value is -3.74. The molecule has 3 aromatic carbocycles. The van der Waals surface area contributed by atoms with E-state index >= 15 is 0 Å². The standard InChI is InChI=1S/C30H34Cl2N6O5.ClH/c1-41-25-9-6-20(26(42-2)27(25)43-3)17-38-12-10-37(11-13-38)16-19-5-4-18(28(39)36-30(33)34)14-24(19)35-29(40)22-8-7-21(31)15-23(22)32;/h4-9,14-15H,10-13,16-17H2,1-3H3,(H,35,40)(H4,33,34,36,39);1H. The van der Waals surface area contributed by atoms with E-state index in [-0.39, 0.29) is 34.5 Å². The fourth-order valence-corrected chi connectivity index (χ4v) is 5.38. The third kappa shape index (κ3) is 8.46. The quantitative estimate of drug-likeness (QED) is 0.212. The molecular weight excluding hydrogens is 631 g/mol. The third-order valence-electron chi connectivity index (χ3n) is 7.05. The summed E-state index contributed by atoms with van der Waals surface area (Å²) in [5.74, 6) is 0.420. The van der Waals surface area contributed by atoms with Crippen LogP contribution < -0.4 is 31.0 Å². The molecule has 14 heteroatoms. The van der Waals surface area contributed by atoms with Crippen molar-refractivity contribution in [1.29, 1.82) is 0 Å². The average Bonchev–Trinajstić information content (AvgIpc) is 2.98. The highest BCUT2D eigenvalue weighted by Crippen LogP contribution is 2.40. The van der Waals surface area contributed by atoms with Crippen LogP contribution in [0.4, 0.5) is 5.69 Å². The van der Waals surface area contributed by atoms with Gasteiger partial charge < -0.3 is 31.0 Å². The molecule has 0 atom stereocenters. The lowest BCUT2D eigenvalue weighted by Crippen LogP contribution is -2.45. The summed E-state index contributed by atoms with van der Waals surface area (Å²) in [7, 11) is 4.80. The number of nitrogens with one attached hydrogen (secondary N) is 1. The van der Waals surface area contributed by atoms with Crippen molar-refractivity contribution in [1.82, 2.24) is 9.80 Å². The Morgan fingerprint density at radius 3 is 2.02 bits per heavy atom. The number of amides is 2. The number of nitrogens with zero attached hydrogens (tertiary/aromatic N) is 3. The second-order valence-corrected chi connectivity index (χ2v) is 10.7. The number of halogens is 3. The second-order valence-electron chi connectivity index (χ2n) is 9.84. The van der Waals surface area contributed by atoms with Gasteiger partial charge in [0.05, 0.1) is 31.9 Å². The van der Waals surface area contributed by atoms with Crippen molar-refractivity contribution in [2.75, 3.05) is 52.8 Å². The highest BCUT2D eigenvalue weighted by molar-refractivity contribution is 6.37. The molecule has 0 aliphatic carbocycles. The van der Waals surface area contributed by atoms with Gasteiger partial charge >= 0.3 is 0 Å². The van der Waals surface area contributed by atoms with E-state index in [1.54, 1.807) is 51.7 Å². The molecule has 44 heavy (non-hydrogen) atoms. The summed E-state index contributed by atoms with van der Waals surface area (Å²) in [6.07, 6.45) is 0. The summed E-state index contributed by atoms with van der Waals surface area (Å²) in [6.45, 7) is 4.39. The molecule has 2 amide bonds. The first-order valence-corrected chi connectivity index (χ1v) is 14.1. The molecule has 0 radical (unpaired) electrons. The molecule has 1 saturated heterocycles. The van der Waals surface area contributed by atoms with Crippen LogP contribution in [-0.2, 0) is 13.1 Å². The number of aliphatic imine (C=N–C) groups is 1. The molecule has 1 fully saturated rings. The highest BCUT2D eigenvalue weighted by atomic mass is 35.5. The van der Waals surface area contributed by atoms with Gasteiger partial charge in [-0.2, -0.15) is 4.99 Å². The van der Waals surface area contributed by atoms with E-state index in [1.165, 1.54) is 6.07 Å². The van der Waals surface area contributed by atoms with Gasteiger partial charge in [0.15, 0.2) is 17.5 Å². The number of anilines is 1. The van der Waals surface area contributed by atoms with Gasteiger partial charge in [0.1, 0.15) is 0 Å². The van der Waals surface area contributed by atoms with Crippen molar-refractivity contribution in [3.8, 4) is 17.2 Å². The number of carbonyl (C=O) groups is 2. The SMILES string of the molecule is COc1ccc(CN2CCN(Cc3ccc(C(=O)N=C(N)N)cc3NC(=O)c3ccc(Cl)cc3Cl)CC2)c(OC)c1OC.Cl. The summed E-state index contributed by atoms with van der Waals surface area (Å²) < 4.78 is 16.6. The van der Waals surface area contributed by atoms with Crippen LogP contribution in [0.1, 0.15) is 31.8 Å². The number of hydrogen-bond donors (Lipinski definition) is 3. The first-order valence-electron chi connectivity index (χ1n) is 13.4. The molecule has 0 saturated carbocycles. The number of benzene rings is 3. The number of methoxy groups -OCH3 is 3.